The van der Waals surface area contributed by atoms with E-state index in [0.717, 1.165) is 25.4 Å². The molecule has 3 nitrogen and oxygen atoms in total. The van der Waals surface area contributed by atoms with Crippen molar-refractivity contribution < 1.29 is 0 Å². The molecule has 0 amide bonds. The van der Waals surface area contributed by atoms with Crippen LogP contribution in [0.2, 0.25) is 0 Å². The Hall–Kier alpha value is -1.65. The lowest BCUT2D eigenvalue weighted by atomic mass is 9.89. The molecular weight excluding hydrogens is 326 g/mol. The van der Waals surface area contributed by atoms with Crippen LogP contribution in [0.1, 0.15) is 29.0 Å². The maximum absolute atomic E-state index is 3.67. The molecule has 0 spiro atoms. The third-order valence-electron chi connectivity index (χ3n) is 5.82. The summed E-state index contributed by atoms with van der Waals surface area (Å²) in [6, 6.07) is 16.2. The van der Waals surface area contributed by atoms with Crippen molar-refractivity contribution in [1.29, 1.82) is 0 Å². The van der Waals surface area contributed by atoms with E-state index in [9.17, 15) is 0 Å². The number of nitrogens with one attached hydrogen (secondary N) is 2. The van der Waals surface area contributed by atoms with Crippen LogP contribution >= 0.6 is 11.8 Å². The average molecular weight is 352 g/mol. The van der Waals surface area contributed by atoms with Gasteiger partial charge in [0.25, 0.3) is 0 Å². The van der Waals surface area contributed by atoms with Crippen molar-refractivity contribution in [3.63, 3.8) is 0 Å². The summed E-state index contributed by atoms with van der Waals surface area (Å²) in [5.41, 5.74) is 7.29. The third-order valence-corrected chi connectivity index (χ3v) is 6.81. The Kier molecular flexibility index (Phi) is 4.10. The van der Waals surface area contributed by atoms with Crippen molar-refractivity contribution in [3.05, 3.63) is 59.2 Å². The van der Waals surface area contributed by atoms with Crippen molar-refractivity contribution in [2.45, 2.75) is 30.7 Å². The van der Waals surface area contributed by atoms with Crippen LogP contribution in [0.5, 0.6) is 0 Å². The Bertz CT molecular complexity index is 761. The van der Waals surface area contributed by atoms with Crippen molar-refractivity contribution in [2.24, 2.45) is 0 Å². The summed E-state index contributed by atoms with van der Waals surface area (Å²) in [6.07, 6.45) is 1.27. The second-order valence-corrected chi connectivity index (χ2v) is 8.43. The molecule has 2 N–H and O–H groups in total. The summed E-state index contributed by atoms with van der Waals surface area (Å²) in [4.78, 5) is 2.73. The number of nitrogens with zero attached hydrogens (tertiary/aromatic N) is 1. The second kappa shape index (κ2) is 6.58. The number of hydrogen-bond donors (Lipinski definition) is 2. The van der Waals surface area contributed by atoms with Gasteiger partial charge in [-0.2, -0.15) is 11.8 Å². The second-order valence-electron chi connectivity index (χ2n) is 7.32. The first-order valence-corrected chi connectivity index (χ1v) is 10.6. The van der Waals surface area contributed by atoms with Gasteiger partial charge in [-0.1, -0.05) is 30.3 Å². The molecule has 2 aromatic carbocycles. The maximum Gasteiger partial charge on any atom is 0.0448 e. The first kappa shape index (κ1) is 15.6. The van der Waals surface area contributed by atoms with Crippen molar-refractivity contribution in [3.8, 4) is 0 Å². The number of anilines is 2. The highest BCUT2D eigenvalue weighted by atomic mass is 32.2. The topological polar surface area (TPSA) is 27.3 Å². The number of benzene rings is 2. The zero-order valence-electron chi connectivity index (χ0n) is 14.5. The van der Waals surface area contributed by atoms with Crippen molar-refractivity contribution >= 4 is 23.1 Å². The van der Waals surface area contributed by atoms with Crippen LogP contribution in [0, 0.1) is 0 Å². The Morgan fingerprint density at radius 1 is 1.20 bits per heavy atom. The molecule has 0 unspecified atom stereocenters. The molecule has 2 atom stereocenters. The highest BCUT2D eigenvalue weighted by molar-refractivity contribution is 7.98. The minimum Gasteiger partial charge on any atom is -0.381 e. The van der Waals surface area contributed by atoms with Crippen LogP contribution in [0.4, 0.5) is 11.4 Å². The molecule has 130 valence electrons. The van der Waals surface area contributed by atoms with Crippen LogP contribution < -0.4 is 15.5 Å². The fourth-order valence-electron chi connectivity index (χ4n) is 4.69. The smallest absolute Gasteiger partial charge is 0.0448 e. The van der Waals surface area contributed by atoms with Crippen LogP contribution in [0.25, 0.3) is 0 Å². The molecule has 5 rings (SSSR count). The molecule has 3 aliphatic rings. The van der Waals surface area contributed by atoms with Gasteiger partial charge in [0.1, 0.15) is 0 Å². The minimum absolute atomic E-state index is 0.657. The summed E-state index contributed by atoms with van der Waals surface area (Å²) in [5, 5.41) is 7.29. The summed E-state index contributed by atoms with van der Waals surface area (Å²) < 4.78 is 0. The van der Waals surface area contributed by atoms with E-state index in [4.69, 9.17) is 0 Å². The number of thioether (sulfide) groups is 1. The minimum atomic E-state index is 0.657. The van der Waals surface area contributed by atoms with E-state index in [2.05, 4.69) is 69.8 Å². The van der Waals surface area contributed by atoms with Gasteiger partial charge in [-0.3, -0.25) is 0 Å². The van der Waals surface area contributed by atoms with Gasteiger partial charge in [0.05, 0.1) is 0 Å². The summed E-state index contributed by atoms with van der Waals surface area (Å²) in [6.45, 7) is 4.39. The Morgan fingerprint density at radius 2 is 2.12 bits per heavy atom. The van der Waals surface area contributed by atoms with Gasteiger partial charge in [0.15, 0.2) is 0 Å². The van der Waals surface area contributed by atoms with Gasteiger partial charge in [-0.15, -0.1) is 0 Å². The van der Waals surface area contributed by atoms with Gasteiger partial charge in [0.2, 0.25) is 0 Å². The number of hydrogen-bond acceptors (Lipinski definition) is 4. The Morgan fingerprint density at radius 3 is 3.04 bits per heavy atom. The maximum atomic E-state index is 3.67. The van der Waals surface area contributed by atoms with E-state index >= 15 is 0 Å². The molecule has 25 heavy (non-hydrogen) atoms. The van der Waals surface area contributed by atoms with Crippen LogP contribution in [0.3, 0.4) is 0 Å². The standard InChI is InChI=1S/C21H25N3S/c1-2-4-15(5-3-1)12-23-17-10-16-14-25-9-8-24-20-6-7-22-13-19(20)18(11-17)21(16)24/h1-5,10-11,19-20,22-23H,6-9,12-14H2/t19-,20-/m0/s1. The van der Waals surface area contributed by atoms with E-state index in [0.29, 0.717) is 12.0 Å². The molecule has 1 fully saturated rings. The number of piperidine rings is 1. The Labute approximate surface area is 154 Å². The van der Waals surface area contributed by atoms with Crippen molar-refractivity contribution in [1.82, 2.24) is 5.32 Å². The summed E-state index contributed by atoms with van der Waals surface area (Å²) in [5.74, 6) is 3.05. The lowest BCUT2D eigenvalue weighted by Crippen LogP contribution is -2.44. The largest absolute Gasteiger partial charge is 0.381 e. The highest BCUT2D eigenvalue weighted by Crippen LogP contribution is 2.48. The highest BCUT2D eigenvalue weighted by Gasteiger charge is 2.41. The van der Waals surface area contributed by atoms with Crippen LogP contribution in [0.15, 0.2) is 42.5 Å². The number of fused-ring (bicyclic) bond motifs is 3. The van der Waals surface area contributed by atoms with Gasteiger partial charge in [0, 0.05) is 54.5 Å². The molecule has 0 aliphatic carbocycles. The normalized spacial score (nSPS) is 24.4. The summed E-state index contributed by atoms with van der Waals surface area (Å²) in [7, 11) is 0. The van der Waals surface area contributed by atoms with E-state index in [1.807, 2.05) is 0 Å². The molecule has 0 radical (unpaired) electrons. The zero-order valence-corrected chi connectivity index (χ0v) is 15.3. The Balaban J connectivity index is 1.48. The zero-order chi connectivity index (χ0) is 16.6. The molecule has 2 aromatic rings. The molecule has 3 aliphatic heterocycles. The van der Waals surface area contributed by atoms with Crippen molar-refractivity contribution in [2.75, 3.05) is 35.6 Å². The lowest BCUT2D eigenvalue weighted by Gasteiger charge is -2.33. The molecule has 0 aromatic heterocycles. The van der Waals surface area contributed by atoms with Crippen LogP contribution in [-0.2, 0) is 12.3 Å². The quantitative estimate of drug-likeness (QED) is 0.879. The SMILES string of the molecule is c1ccc(CNc2cc3c4c(c2)[C@@H]2CNCC[C@@H]2N4CCSC3)cc1. The number of rotatable bonds is 3. The van der Waals surface area contributed by atoms with E-state index < -0.39 is 0 Å². The first-order chi connectivity index (χ1) is 12.4. The van der Waals surface area contributed by atoms with E-state index in [-0.39, 0.29) is 0 Å². The predicted molar refractivity (Wildman–Crippen MR) is 108 cm³/mol. The van der Waals surface area contributed by atoms with E-state index in [1.54, 1.807) is 11.3 Å². The van der Waals surface area contributed by atoms with Crippen LogP contribution in [-0.4, -0.2) is 31.4 Å². The van der Waals surface area contributed by atoms with Gasteiger partial charge < -0.3 is 15.5 Å². The molecular formula is C21H25N3S. The van der Waals surface area contributed by atoms with Gasteiger partial charge in [-0.05, 0) is 41.8 Å². The molecule has 4 heteroatoms. The first-order valence-electron chi connectivity index (χ1n) is 9.40. The molecule has 3 heterocycles. The fraction of sp³-hybridized carbons (Fsp3) is 0.429. The lowest BCUT2D eigenvalue weighted by molar-refractivity contribution is 0.406. The fourth-order valence-corrected chi connectivity index (χ4v) is 5.60. The van der Waals surface area contributed by atoms with E-state index in [1.165, 1.54) is 35.5 Å². The molecule has 0 bridgehead atoms. The van der Waals surface area contributed by atoms with Gasteiger partial charge in [-0.25, -0.2) is 0 Å². The summed E-state index contributed by atoms with van der Waals surface area (Å²) >= 11 is 2.08. The molecule has 0 saturated carbocycles. The monoisotopic (exact) mass is 351 g/mol. The molecule has 1 saturated heterocycles. The predicted octanol–water partition coefficient (Wildman–Crippen LogP) is 3.81. The van der Waals surface area contributed by atoms with Gasteiger partial charge >= 0.3 is 0 Å². The average Bonchev–Trinajstić information content (AvgIpc) is 2.83. The third kappa shape index (κ3) is 2.81.